The van der Waals surface area contributed by atoms with E-state index >= 15 is 0 Å². The van der Waals surface area contributed by atoms with Crippen molar-refractivity contribution in [2.45, 2.75) is 32.2 Å². The van der Waals surface area contributed by atoms with E-state index in [1.807, 2.05) is 0 Å². The van der Waals surface area contributed by atoms with Gasteiger partial charge in [-0.25, -0.2) is 4.68 Å². The number of hydrogen-bond donors (Lipinski definition) is 1. The molecule has 0 unspecified atom stereocenters. The Kier molecular flexibility index (Phi) is 4.08. The van der Waals surface area contributed by atoms with E-state index in [0.29, 0.717) is 0 Å². The molecule has 0 amide bonds. The second-order valence-electron chi connectivity index (χ2n) is 4.57. The van der Waals surface area contributed by atoms with E-state index in [1.165, 1.54) is 45.0 Å². The molecule has 0 bridgehead atoms. The lowest BCUT2D eigenvalue weighted by Crippen LogP contribution is -3.12. The number of carboxylic acids is 1. The first kappa shape index (κ1) is 12.0. The van der Waals surface area contributed by atoms with Crippen molar-refractivity contribution in [1.82, 2.24) is 15.0 Å². The van der Waals surface area contributed by atoms with Crippen LogP contribution in [-0.4, -0.2) is 40.6 Å². The number of quaternary nitrogens is 1. The van der Waals surface area contributed by atoms with Gasteiger partial charge in [-0.05, 0) is 25.7 Å². The Morgan fingerprint density at radius 3 is 2.65 bits per heavy atom. The molecular weight excluding hydrogens is 220 g/mol. The Morgan fingerprint density at radius 2 is 2.06 bits per heavy atom. The van der Waals surface area contributed by atoms with Crippen molar-refractivity contribution in [2.75, 3.05) is 19.6 Å². The summed E-state index contributed by atoms with van der Waals surface area (Å²) in [5.41, 5.74) is -0.0872. The van der Waals surface area contributed by atoms with E-state index in [1.54, 1.807) is 9.58 Å². The predicted octanol–water partition coefficient (Wildman–Crippen LogP) is -1.90. The van der Waals surface area contributed by atoms with E-state index in [4.69, 9.17) is 0 Å². The Bertz CT molecular complexity index is 369. The van der Waals surface area contributed by atoms with E-state index in [-0.39, 0.29) is 5.69 Å². The number of carbonyl (C=O) groups excluding carboxylic acids is 1. The molecular formula is C11H18N4O2. The molecule has 17 heavy (non-hydrogen) atoms. The highest BCUT2D eigenvalue weighted by Gasteiger charge is 2.12. The standard InChI is InChI=1S/C11H18N4O2/c16-11(17)10-9-15(13-12-10)8-7-14-5-3-1-2-4-6-14/h9H,1-8H2,(H,16,17). The lowest BCUT2D eigenvalue weighted by Gasteiger charge is -2.16. The maximum absolute atomic E-state index is 10.5. The lowest BCUT2D eigenvalue weighted by molar-refractivity contribution is -0.900. The van der Waals surface area contributed by atoms with Crippen LogP contribution >= 0.6 is 0 Å². The maximum atomic E-state index is 10.5. The SMILES string of the molecule is O=C([O-])c1cn(CC[NH+]2CCCCCC2)nn1. The van der Waals surface area contributed by atoms with Gasteiger partial charge in [0.1, 0.15) is 5.69 Å². The Morgan fingerprint density at radius 1 is 1.35 bits per heavy atom. The largest absolute Gasteiger partial charge is 0.543 e. The molecule has 0 radical (unpaired) electrons. The molecule has 0 atom stereocenters. The number of rotatable bonds is 4. The Balaban J connectivity index is 1.81. The number of aromatic carboxylic acids is 1. The molecule has 0 aliphatic carbocycles. The summed E-state index contributed by atoms with van der Waals surface area (Å²) in [6, 6.07) is 0. The monoisotopic (exact) mass is 238 g/mol. The molecule has 1 fully saturated rings. The third kappa shape index (κ3) is 3.52. The van der Waals surface area contributed by atoms with E-state index < -0.39 is 5.97 Å². The van der Waals surface area contributed by atoms with E-state index in [9.17, 15) is 9.90 Å². The van der Waals surface area contributed by atoms with Gasteiger partial charge < -0.3 is 14.8 Å². The summed E-state index contributed by atoms with van der Waals surface area (Å²) in [5, 5.41) is 17.9. The van der Waals surface area contributed by atoms with Gasteiger partial charge in [-0.15, -0.1) is 5.10 Å². The number of nitrogens with zero attached hydrogens (tertiary/aromatic N) is 3. The van der Waals surface area contributed by atoms with Crippen molar-refractivity contribution in [1.29, 1.82) is 0 Å². The van der Waals surface area contributed by atoms with Crippen LogP contribution in [0.1, 0.15) is 36.2 Å². The van der Waals surface area contributed by atoms with Crippen LogP contribution in [0.3, 0.4) is 0 Å². The van der Waals surface area contributed by atoms with Gasteiger partial charge >= 0.3 is 0 Å². The lowest BCUT2D eigenvalue weighted by atomic mass is 10.2. The molecule has 1 N–H and O–H groups in total. The fourth-order valence-electron chi connectivity index (χ4n) is 2.25. The third-order valence-electron chi connectivity index (χ3n) is 3.25. The highest BCUT2D eigenvalue weighted by atomic mass is 16.4. The number of aromatic nitrogens is 3. The predicted molar refractivity (Wildman–Crippen MR) is 58.4 cm³/mol. The van der Waals surface area contributed by atoms with Gasteiger partial charge in [0.25, 0.3) is 0 Å². The molecule has 1 saturated heterocycles. The molecule has 1 aliphatic heterocycles. The number of hydrogen-bond acceptors (Lipinski definition) is 4. The first-order chi connectivity index (χ1) is 8.25. The molecule has 94 valence electrons. The second kappa shape index (κ2) is 5.77. The smallest absolute Gasteiger partial charge is 0.128 e. The van der Waals surface area contributed by atoms with Gasteiger partial charge in [0.05, 0.1) is 38.3 Å². The minimum Gasteiger partial charge on any atom is -0.543 e. The Labute approximate surface area is 100 Å². The van der Waals surface area contributed by atoms with Gasteiger partial charge in [0.2, 0.25) is 0 Å². The third-order valence-corrected chi connectivity index (χ3v) is 3.25. The summed E-state index contributed by atoms with van der Waals surface area (Å²) in [6.07, 6.45) is 6.68. The van der Waals surface area contributed by atoms with Crippen LogP contribution in [0.2, 0.25) is 0 Å². The summed E-state index contributed by atoms with van der Waals surface area (Å²) in [6.45, 7) is 4.12. The summed E-state index contributed by atoms with van der Waals surface area (Å²) in [7, 11) is 0. The Hall–Kier alpha value is -1.43. The molecule has 6 nitrogen and oxygen atoms in total. The average molecular weight is 238 g/mol. The summed E-state index contributed by atoms with van der Waals surface area (Å²) < 4.78 is 1.59. The zero-order valence-electron chi connectivity index (χ0n) is 9.89. The van der Waals surface area contributed by atoms with Crippen LogP contribution in [0.15, 0.2) is 6.20 Å². The normalized spacial score (nSPS) is 17.9. The average Bonchev–Trinajstić information content (AvgIpc) is 2.63. The van der Waals surface area contributed by atoms with Gasteiger partial charge in [0, 0.05) is 0 Å². The first-order valence-corrected chi connectivity index (χ1v) is 6.21. The minimum absolute atomic E-state index is 0.0872. The van der Waals surface area contributed by atoms with Crippen LogP contribution in [0, 0.1) is 0 Å². The van der Waals surface area contributed by atoms with Gasteiger partial charge in [-0.1, -0.05) is 5.21 Å². The zero-order valence-corrected chi connectivity index (χ0v) is 9.89. The highest BCUT2D eigenvalue weighted by molar-refractivity contribution is 5.82. The fourth-order valence-corrected chi connectivity index (χ4v) is 2.25. The van der Waals surface area contributed by atoms with Crippen molar-refractivity contribution in [2.24, 2.45) is 0 Å². The maximum Gasteiger partial charge on any atom is 0.128 e. The van der Waals surface area contributed by atoms with Gasteiger partial charge in [-0.2, -0.15) is 0 Å². The van der Waals surface area contributed by atoms with Crippen molar-refractivity contribution >= 4 is 5.97 Å². The first-order valence-electron chi connectivity index (χ1n) is 6.21. The molecule has 2 rings (SSSR count). The molecule has 0 saturated carbocycles. The van der Waals surface area contributed by atoms with Crippen LogP contribution in [0.25, 0.3) is 0 Å². The zero-order chi connectivity index (χ0) is 12.1. The minimum atomic E-state index is -1.27. The fraction of sp³-hybridized carbons (Fsp3) is 0.727. The van der Waals surface area contributed by atoms with Crippen LogP contribution in [0.5, 0.6) is 0 Å². The highest BCUT2D eigenvalue weighted by Crippen LogP contribution is 1.99. The topological polar surface area (TPSA) is 75.3 Å². The molecule has 0 aromatic carbocycles. The van der Waals surface area contributed by atoms with Crippen molar-refractivity contribution < 1.29 is 14.8 Å². The molecule has 0 spiro atoms. The van der Waals surface area contributed by atoms with Crippen LogP contribution in [0.4, 0.5) is 0 Å². The number of carbonyl (C=O) groups is 1. The molecule has 2 heterocycles. The molecule has 6 heteroatoms. The van der Waals surface area contributed by atoms with E-state index in [2.05, 4.69) is 10.3 Å². The second-order valence-corrected chi connectivity index (χ2v) is 4.57. The van der Waals surface area contributed by atoms with Gasteiger partial charge in [0.15, 0.2) is 0 Å². The number of carboxylic acid groups (broad SMARTS) is 1. The van der Waals surface area contributed by atoms with Crippen molar-refractivity contribution in [3.05, 3.63) is 11.9 Å². The number of nitrogens with one attached hydrogen (secondary N) is 1. The molecule has 1 aliphatic rings. The summed E-state index contributed by atoms with van der Waals surface area (Å²) >= 11 is 0. The van der Waals surface area contributed by atoms with Crippen LogP contribution in [-0.2, 0) is 6.54 Å². The number of likely N-dealkylation sites (tertiary alicyclic amines) is 1. The van der Waals surface area contributed by atoms with E-state index in [0.717, 1.165) is 13.1 Å². The quantitative estimate of drug-likeness (QED) is 0.665. The van der Waals surface area contributed by atoms with Crippen LogP contribution < -0.4 is 10.0 Å². The van der Waals surface area contributed by atoms with Gasteiger partial charge in [-0.3, -0.25) is 0 Å². The van der Waals surface area contributed by atoms with Crippen molar-refractivity contribution in [3.8, 4) is 0 Å². The summed E-state index contributed by atoms with van der Waals surface area (Å²) in [5.74, 6) is -1.27. The summed E-state index contributed by atoms with van der Waals surface area (Å²) in [4.78, 5) is 12.1. The molecule has 1 aromatic heterocycles. The van der Waals surface area contributed by atoms with Crippen molar-refractivity contribution in [3.63, 3.8) is 0 Å². The molecule has 1 aromatic rings.